The van der Waals surface area contributed by atoms with Crippen molar-refractivity contribution in [2.45, 2.75) is 19.9 Å². The molecule has 1 aromatic carbocycles. The standard InChI is InChI=1S/C17H16N2O2/c1-11-14(7-5-9-18-11)19-12(2)17-10-15(20)13-6-3-4-8-16(13)21-17/h3-10,12,19H,1-2H3/t12-/m1/s1. The SMILES string of the molecule is Cc1ncccc1N[C@H](C)c1cc(=O)c2ccccc2o1. The van der Waals surface area contributed by atoms with Gasteiger partial charge < -0.3 is 9.73 Å². The topological polar surface area (TPSA) is 55.1 Å². The van der Waals surface area contributed by atoms with Crippen LogP contribution in [0.25, 0.3) is 11.0 Å². The van der Waals surface area contributed by atoms with E-state index in [1.54, 1.807) is 18.3 Å². The lowest BCUT2D eigenvalue weighted by Gasteiger charge is -2.16. The molecule has 4 heteroatoms. The highest BCUT2D eigenvalue weighted by Crippen LogP contribution is 2.22. The van der Waals surface area contributed by atoms with Crippen molar-refractivity contribution in [3.8, 4) is 0 Å². The van der Waals surface area contributed by atoms with Gasteiger partial charge in [-0.15, -0.1) is 0 Å². The van der Waals surface area contributed by atoms with Crippen LogP contribution < -0.4 is 10.7 Å². The van der Waals surface area contributed by atoms with Gasteiger partial charge >= 0.3 is 0 Å². The van der Waals surface area contributed by atoms with Crippen LogP contribution in [0.2, 0.25) is 0 Å². The van der Waals surface area contributed by atoms with E-state index in [2.05, 4.69) is 10.3 Å². The molecule has 2 heterocycles. The van der Waals surface area contributed by atoms with Gasteiger partial charge in [-0.3, -0.25) is 9.78 Å². The first kappa shape index (κ1) is 13.4. The van der Waals surface area contributed by atoms with Crippen molar-refractivity contribution in [1.29, 1.82) is 0 Å². The molecule has 0 saturated heterocycles. The van der Waals surface area contributed by atoms with E-state index >= 15 is 0 Å². The lowest BCUT2D eigenvalue weighted by molar-refractivity contribution is 0.513. The molecule has 3 aromatic rings. The van der Waals surface area contributed by atoms with Crippen molar-refractivity contribution < 1.29 is 4.42 Å². The minimum atomic E-state index is -0.120. The number of hydrogen-bond donors (Lipinski definition) is 1. The number of nitrogens with one attached hydrogen (secondary N) is 1. The van der Waals surface area contributed by atoms with E-state index in [1.807, 2.05) is 44.2 Å². The second kappa shape index (κ2) is 5.40. The molecule has 106 valence electrons. The van der Waals surface area contributed by atoms with Gasteiger partial charge in [0.05, 0.1) is 22.8 Å². The molecule has 0 aliphatic carbocycles. The summed E-state index contributed by atoms with van der Waals surface area (Å²) < 4.78 is 5.83. The average Bonchev–Trinajstić information content (AvgIpc) is 2.49. The Morgan fingerprint density at radius 1 is 1.19 bits per heavy atom. The fraction of sp³-hybridized carbons (Fsp3) is 0.176. The maximum Gasteiger partial charge on any atom is 0.193 e. The normalized spacial score (nSPS) is 12.3. The number of aromatic nitrogens is 1. The van der Waals surface area contributed by atoms with Crippen molar-refractivity contribution in [3.05, 3.63) is 70.3 Å². The molecular weight excluding hydrogens is 264 g/mol. The Morgan fingerprint density at radius 2 is 2.00 bits per heavy atom. The van der Waals surface area contributed by atoms with Crippen molar-refractivity contribution >= 4 is 16.7 Å². The van der Waals surface area contributed by atoms with E-state index in [0.29, 0.717) is 16.7 Å². The van der Waals surface area contributed by atoms with Crippen LogP contribution in [-0.2, 0) is 0 Å². The lowest BCUT2D eigenvalue weighted by atomic mass is 10.1. The second-order valence-electron chi connectivity index (χ2n) is 5.01. The predicted molar refractivity (Wildman–Crippen MR) is 83.5 cm³/mol. The van der Waals surface area contributed by atoms with Crippen LogP contribution in [0.5, 0.6) is 0 Å². The zero-order valence-corrected chi connectivity index (χ0v) is 12.0. The summed E-state index contributed by atoms with van der Waals surface area (Å²) in [5.74, 6) is 0.613. The van der Waals surface area contributed by atoms with Crippen molar-refractivity contribution in [2.75, 3.05) is 5.32 Å². The number of benzene rings is 1. The van der Waals surface area contributed by atoms with Crippen molar-refractivity contribution in [3.63, 3.8) is 0 Å². The Balaban J connectivity index is 1.97. The van der Waals surface area contributed by atoms with Crippen LogP contribution in [0, 0.1) is 6.92 Å². The third-order valence-electron chi connectivity index (χ3n) is 3.46. The third-order valence-corrected chi connectivity index (χ3v) is 3.46. The summed E-state index contributed by atoms with van der Waals surface area (Å²) >= 11 is 0. The first-order valence-corrected chi connectivity index (χ1v) is 6.86. The highest BCUT2D eigenvalue weighted by atomic mass is 16.3. The molecule has 2 aromatic heterocycles. The molecular formula is C17H16N2O2. The molecule has 1 atom stereocenters. The Morgan fingerprint density at radius 3 is 2.81 bits per heavy atom. The van der Waals surface area contributed by atoms with E-state index in [0.717, 1.165) is 11.4 Å². The fourth-order valence-electron chi connectivity index (χ4n) is 2.28. The minimum Gasteiger partial charge on any atom is -0.459 e. The highest BCUT2D eigenvalue weighted by molar-refractivity contribution is 5.76. The smallest absolute Gasteiger partial charge is 0.193 e. The number of fused-ring (bicyclic) bond motifs is 1. The van der Waals surface area contributed by atoms with Gasteiger partial charge in [-0.05, 0) is 38.1 Å². The van der Waals surface area contributed by atoms with Gasteiger partial charge in [-0.25, -0.2) is 0 Å². The van der Waals surface area contributed by atoms with E-state index in [4.69, 9.17) is 4.42 Å². The maximum atomic E-state index is 12.1. The van der Waals surface area contributed by atoms with E-state index in [-0.39, 0.29) is 11.5 Å². The first-order valence-electron chi connectivity index (χ1n) is 6.86. The molecule has 0 amide bonds. The van der Waals surface area contributed by atoms with E-state index in [9.17, 15) is 4.79 Å². The third kappa shape index (κ3) is 2.65. The average molecular weight is 280 g/mol. The van der Waals surface area contributed by atoms with Gasteiger partial charge in [-0.2, -0.15) is 0 Å². The van der Waals surface area contributed by atoms with Crippen LogP contribution in [0.15, 0.2) is 57.9 Å². The Bertz CT molecular complexity index is 839. The number of anilines is 1. The van der Waals surface area contributed by atoms with Gasteiger partial charge in [-0.1, -0.05) is 12.1 Å². The van der Waals surface area contributed by atoms with Crippen LogP contribution in [-0.4, -0.2) is 4.98 Å². The Hall–Kier alpha value is -2.62. The Kier molecular flexibility index (Phi) is 3.44. The molecule has 1 N–H and O–H groups in total. The summed E-state index contributed by atoms with van der Waals surface area (Å²) in [6.45, 7) is 3.89. The minimum absolute atomic E-state index is 0.0246. The summed E-state index contributed by atoms with van der Waals surface area (Å²) in [6.07, 6.45) is 1.75. The molecule has 3 rings (SSSR count). The van der Waals surface area contributed by atoms with Gasteiger partial charge in [0.15, 0.2) is 5.43 Å². The number of rotatable bonds is 3. The first-order chi connectivity index (χ1) is 10.1. The number of aryl methyl sites for hydroxylation is 1. The number of para-hydroxylation sites is 1. The molecule has 0 aliphatic heterocycles. The summed E-state index contributed by atoms with van der Waals surface area (Å²) in [5.41, 5.74) is 2.42. The quantitative estimate of drug-likeness (QED) is 0.795. The Labute approximate surface area is 122 Å². The monoisotopic (exact) mass is 280 g/mol. The molecule has 0 radical (unpaired) electrons. The molecule has 0 bridgehead atoms. The van der Waals surface area contributed by atoms with Crippen molar-refractivity contribution in [2.24, 2.45) is 0 Å². The molecule has 0 fully saturated rings. The van der Waals surface area contributed by atoms with Crippen LogP contribution >= 0.6 is 0 Å². The maximum absolute atomic E-state index is 12.1. The zero-order chi connectivity index (χ0) is 14.8. The van der Waals surface area contributed by atoms with Crippen LogP contribution in [0.1, 0.15) is 24.4 Å². The summed E-state index contributed by atoms with van der Waals surface area (Å²) in [4.78, 5) is 16.4. The highest BCUT2D eigenvalue weighted by Gasteiger charge is 2.12. The summed E-state index contributed by atoms with van der Waals surface area (Å²) in [6, 6.07) is 12.5. The van der Waals surface area contributed by atoms with Gasteiger partial charge in [0.1, 0.15) is 11.3 Å². The molecule has 0 unspecified atom stereocenters. The second-order valence-corrected chi connectivity index (χ2v) is 5.01. The van der Waals surface area contributed by atoms with E-state index in [1.165, 1.54) is 0 Å². The van der Waals surface area contributed by atoms with E-state index < -0.39 is 0 Å². The number of pyridine rings is 1. The summed E-state index contributed by atoms with van der Waals surface area (Å²) in [5, 5.41) is 3.93. The van der Waals surface area contributed by atoms with Gasteiger partial charge in [0.25, 0.3) is 0 Å². The molecule has 0 spiro atoms. The molecule has 0 saturated carbocycles. The van der Waals surface area contributed by atoms with Crippen LogP contribution in [0.3, 0.4) is 0 Å². The number of hydrogen-bond acceptors (Lipinski definition) is 4. The summed E-state index contributed by atoms with van der Waals surface area (Å²) in [7, 11) is 0. The fourth-order valence-corrected chi connectivity index (χ4v) is 2.28. The predicted octanol–water partition coefficient (Wildman–Crippen LogP) is 3.67. The molecule has 21 heavy (non-hydrogen) atoms. The van der Waals surface area contributed by atoms with Gasteiger partial charge in [0, 0.05) is 12.3 Å². The van der Waals surface area contributed by atoms with Gasteiger partial charge in [0.2, 0.25) is 0 Å². The molecule has 0 aliphatic rings. The lowest BCUT2D eigenvalue weighted by Crippen LogP contribution is -2.11. The number of nitrogens with zero attached hydrogens (tertiary/aromatic N) is 1. The van der Waals surface area contributed by atoms with Crippen molar-refractivity contribution in [1.82, 2.24) is 4.98 Å². The van der Waals surface area contributed by atoms with Crippen LogP contribution in [0.4, 0.5) is 5.69 Å². The zero-order valence-electron chi connectivity index (χ0n) is 12.0. The molecule has 4 nitrogen and oxygen atoms in total. The largest absolute Gasteiger partial charge is 0.459 e.